The third-order valence-corrected chi connectivity index (χ3v) is 5.27. The Balaban J connectivity index is 1.63. The maximum absolute atomic E-state index is 12.4. The standard InChI is InChI=1S/C21H25BrN2O3/c1-26-19-9-8-17(22)14-16(19)7-10-21(25)23-15-18(20-6-5-13-27-20)24-11-3-2-4-12-24/h5-10,13-14,18H,2-4,11-12,15H2,1H3,(H,23,25)/b10-7+/t18-/m1/s1. The number of halogens is 1. The highest BCUT2D eigenvalue weighted by Crippen LogP contribution is 2.25. The molecule has 1 fully saturated rings. The van der Waals surface area contributed by atoms with E-state index in [0.717, 1.165) is 34.6 Å². The highest BCUT2D eigenvalue weighted by molar-refractivity contribution is 9.10. The van der Waals surface area contributed by atoms with Crippen molar-refractivity contribution in [2.75, 3.05) is 26.7 Å². The first-order chi connectivity index (χ1) is 13.2. The van der Waals surface area contributed by atoms with Crippen LogP contribution in [0.2, 0.25) is 0 Å². The van der Waals surface area contributed by atoms with Gasteiger partial charge in [0.25, 0.3) is 0 Å². The first-order valence-electron chi connectivity index (χ1n) is 9.24. The minimum absolute atomic E-state index is 0.0676. The second-order valence-electron chi connectivity index (χ2n) is 6.59. The first kappa shape index (κ1) is 19.7. The molecule has 0 saturated carbocycles. The Morgan fingerprint density at radius 2 is 2.15 bits per heavy atom. The number of hydrogen-bond acceptors (Lipinski definition) is 4. The summed E-state index contributed by atoms with van der Waals surface area (Å²) in [6, 6.07) is 9.63. The Kier molecular flexibility index (Phi) is 7.12. The van der Waals surface area contributed by atoms with Gasteiger partial charge in [-0.25, -0.2) is 0 Å². The maximum Gasteiger partial charge on any atom is 0.244 e. The number of amides is 1. The topological polar surface area (TPSA) is 54.7 Å². The summed E-state index contributed by atoms with van der Waals surface area (Å²) in [6.45, 7) is 2.59. The van der Waals surface area contributed by atoms with E-state index >= 15 is 0 Å². The van der Waals surface area contributed by atoms with Crippen LogP contribution in [-0.4, -0.2) is 37.6 Å². The van der Waals surface area contributed by atoms with Crippen molar-refractivity contribution in [3.63, 3.8) is 0 Å². The zero-order valence-corrected chi connectivity index (χ0v) is 17.1. The second kappa shape index (κ2) is 9.76. The van der Waals surface area contributed by atoms with E-state index in [1.165, 1.54) is 19.3 Å². The molecule has 6 heteroatoms. The van der Waals surface area contributed by atoms with Gasteiger partial charge in [0.15, 0.2) is 0 Å². The van der Waals surface area contributed by atoms with Gasteiger partial charge in [-0.3, -0.25) is 9.69 Å². The number of rotatable bonds is 7. The van der Waals surface area contributed by atoms with E-state index in [4.69, 9.17) is 9.15 Å². The van der Waals surface area contributed by atoms with Gasteiger partial charge in [-0.2, -0.15) is 0 Å². The molecular weight excluding hydrogens is 408 g/mol. The molecule has 1 saturated heterocycles. The number of piperidine rings is 1. The molecule has 3 rings (SSSR count). The third-order valence-electron chi connectivity index (χ3n) is 4.78. The van der Waals surface area contributed by atoms with Gasteiger partial charge in [-0.15, -0.1) is 0 Å². The molecule has 0 aliphatic carbocycles. The van der Waals surface area contributed by atoms with Crippen LogP contribution in [0.3, 0.4) is 0 Å². The predicted octanol–water partition coefficient (Wildman–Crippen LogP) is 4.41. The van der Waals surface area contributed by atoms with Crippen molar-refractivity contribution in [1.82, 2.24) is 10.2 Å². The quantitative estimate of drug-likeness (QED) is 0.658. The lowest BCUT2D eigenvalue weighted by Crippen LogP contribution is -2.40. The number of carbonyl (C=O) groups is 1. The zero-order valence-electron chi connectivity index (χ0n) is 15.5. The highest BCUT2D eigenvalue weighted by Gasteiger charge is 2.24. The van der Waals surface area contributed by atoms with E-state index in [1.807, 2.05) is 30.3 Å². The van der Waals surface area contributed by atoms with E-state index in [0.29, 0.717) is 6.54 Å². The molecule has 2 heterocycles. The molecule has 1 aliphatic heterocycles. The fraction of sp³-hybridized carbons (Fsp3) is 0.381. The molecule has 0 bridgehead atoms. The van der Waals surface area contributed by atoms with E-state index in [1.54, 1.807) is 25.5 Å². The monoisotopic (exact) mass is 432 g/mol. The average Bonchev–Trinajstić information content (AvgIpc) is 3.22. The van der Waals surface area contributed by atoms with Crippen molar-refractivity contribution in [1.29, 1.82) is 0 Å². The summed E-state index contributed by atoms with van der Waals surface area (Å²) in [5, 5.41) is 3.01. The van der Waals surface area contributed by atoms with Gasteiger partial charge >= 0.3 is 0 Å². The van der Waals surface area contributed by atoms with Crippen molar-refractivity contribution in [2.45, 2.75) is 25.3 Å². The van der Waals surface area contributed by atoms with Gasteiger partial charge in [0, 0.05) is 22.7 Å². The lowest BCUT2D eigenvalue weighted by molar-refractivity contribution is -0.116. The lowest BCUT2D eigenvalue weighted by Gasteiger charge is -2.33. The number of ether oxygens (including phenoxy) is 1. The van der Waals surface area contributed by atoms with E-state index in [-0.39, 0.29) is 11.9 Å². The number of nitrogens with one attached hydrogen (secondary N) is 1. The molecule has 1 aromatic carbocycles. The fourth-order valence-electron chi connectivity index (χ4n) is 3.38. The summed E-state index contributed by atoms with van der Waals surface area (Å²) in [5.74, 6) is 1.49. The molecule has 5 nitrogen and oxygen atoms in total. The van der Waals surface area contributed by atoms with Crippen LogP contribution in [0.25, 0.3) is 6.08 Å². The molecule has 2 aromatic rings. The van der Waals surface area contributed by atoms with Crippen LogP contribution < -0.4 is 10.1 Å². The summed E-state index contributed by atoms with van der Waals surface area (Å²) in [6.07, 6.45) is 8.64. The summed E-state index contributed by atoms with van der Waals surface area (Å²) in [5.41, 5.74) is 0.848. The Morgan fingerprint density at radius 3 is 2.85 bits per heavy atom. The molecule has 0 spiro atoms. The first-order valence-corrected chi connectivity index (χ1v) is 10.0. The number of carbonyl (C=O) groups excluding carboxylic acids is 1. The number of methoxy groups -OCH3 is 1. The zero-order chi connectivity index (χ0) is 19.1. The van der Waals surface area contributed by atoms with Crippen molar-refractivity contribution in [3.8, 4) is 5.75 Å². The number of furan rings is 1. The van der Waals surface area contributed by atoms with Crippen LogP contribution >= 0.6 is 15.9 Å². The lowest BCUT2D eigenvalue weighted by atomic mass is 10.1. The van der Waals surface area contributed by atoms with E-state index in [9.17, 15) is 4.79 Å². The number of hydrogen-bond donors (Lipinski definition) is 1. The number of nitrogens with zero attached hydrogens (tertiary/aromatic N) is 1. The van der Waals surface area contributed by atoms with Crippen molar-refractivity contribution >= 4 is 27.9 Å². The largest absolute Gasteiger partial charge is 0.496 e. The normalized spacial score (nSPS) is 16.4. The predicted molar refractivity (Wildman–Crippen MR) is 110 cm³/mol. The van der Waals surface area contributed by atoms with Gasteiger partial charge in [0.2, 0.25) is 5.91 Å². The van der Waals surface area contributed by atoms with Gasteiger partial charge < -0.3 is 14.5 Å². The third kappa shape index (κ3) is 5.47. The van der Waals surface area contributed by atoms with Crippen LogP contribution in [0.5, 0.6) is 5.75 Å². The second-order valence-corrected chi connectivity index (χ2v) is 7.51. The molecule has 1 atom stereocenters. The number of likely N-dealkylation sites (tertiary alicyclic amines) is 1. The van der Waals surface area contributed by atoms with Gasteiger partial charge in [0.1, 0.15) is 11.5 Å². The summed E-state index contributed by atoms with van der Waals surface area (Å²) >= 11 is 3.44. The summed E-state index contributed by atoms with van der Waals surface area (Å²) in [7, 11) is 1.62. The SMILES string of the molecule is COc1ccc(Br)cc1/C=C/C(=O)NC[C@H](c1ccco1)N1CCCCC1. The minimum atomic E-state index is -0.134. The van der Waals surface area contributed by atoms with Crippen LogP contribution in [0.1, 0.15) is 36.6 Å². The molecular formula is C21H25BrN2O3. The molecule has 0 radical (unpaired) electrons. The van der Waals surface area contributed by atoms with Crippen molar-refractivity contribution < 1.29 is 13.9 Å². The average molecular weight is 433 g/mol. The molecule has 0 unspecified atom stereocenters. The number of benzene rings is 1. The molecule has 1 aromatic heterocycles. The van der Waals surface area contributed by atoms with Crippen molar-refractivity contribution in [3.05, 3.63) is 58.5 Å². The van der Waals surface area contributed by atoms with Gasteiger partial charge in [0.05, 0.1) is 19.4 Å². The Bertz CT molecular complexity index is 768. The van der Waals surface area contributed by atoms with E-state index < -0.39 is 0 Å². The van der Waals surface area contributed by atoms with E-state index in [2.05, 4.69) is 26.1 Å². The Morgan fingerprint density at radius 1 is 1.33 bits per heavy atom. The van der Waals surface area contributed by atoms with Crippen LogP contribution in [-0.2, 0) is 4.79 Å². The van der Waals surface area contributed by atoms with Crippen LogP contribution in [0.4, 0.5) is 0 Å². The van der Waals surface area contributed by atoms with Crippen LogP contribution in [0.15, 0.2) is 51.6 Å². The summed E-state index contributed by atoms with van der Waals surface area (Å²) in [4.78, 5) is 14.8. The molecule has 144 valence electrons. The molecule has 27 heavy (non-hydrogen) atoms. The Hall–Kier alpha value is -2.05. The minimum Gasteiger partial charge on any atom is -0.496 e. The summed E-state index contributed by atoms with van der Waals surface area (Å²) < 4.78 is 11.9. The van der Waals surface area contributed by atoms with Crippen LogP contribution in [0, 0.1) is 0 Å². The van der Waals surface area contributed by atoms with Crippen molar-refractivity contribution in [2.24, 2.45) is 0 Å². The molecule has 1 aliphatic rings. The van der Waals surface area contributed by atoms with Gasteiger partial charge in [-0.1, -0.05) is 22.4 Å². The Labute approximate surface area is 168 Å². The van der Waals surface area contributed by atoms with Gasteiger partial charge in [-0.05, 0) is 62.3 Å². The maximum atomic E-state index is 12.4. The molecule has 1 amide bonds. The fourth-order valence-corrected chi connectivity index (χ4v) is 3.76. The highest BCUT2D eigenvalue weighted by atomic mass is 79.9. The molecule has 1 N–H and O–H groups in total. The smallest absolute Gasteiger partial charge is 0.244 e.